The van der Waals surface area contributed by atoms with E-state index in [-0.39, 0.29) is 51.6 Å². The molecule has 0 unspecified atom stereocenters. The van der Waals surface area contributed by atoms with E-state index in [9.17, 15) is 4.79 Å². The molecule has 94 valence electrons. The Morgan fingerprint density at radius 3 is 2.53 bits per heavy atom. The first kappa shape index (κ1) is 16.2. The summed E-state index contributed by atoms with van der Waals surface area (Å²) in [6.07, 6.45) is 1.65. The average molecular weight is 389 g/mol. The van der Waals surface area contributed by atoms with Crippen molar-refractivity contribution in [1.29, 1.82) is 5.41 Å². The Balaban J connectivity index is 0.00000256. The summed E-state index contributed by atoms with van der Waals surface area (Å²) in [5, 5.41) is 9.40. The molecule has 1 amide bonds. The molecule has 0 saturated heterocycles. The number of nitrogens with zero attached hydrogens (tertiary/aromatic N) is 2. The Labute approximate surface area is 124 Å². The minimum absolute atomic E-state index is 0. The number of anilines is 2. The van der Waals surface area contributed by atoms with Gasteiger partial charge in [-0.1, -0.05) is 23.4 Å². The monoisotopic (exact) mass is 388 g/mol. The average Bonchev–Trinajstić information content (AvgIpc) is 2.23. The summed E-state index contributed by atoms with van der Waals surface area (Å²) < 4.78 is 0. The zero-order valence-electron chi connectivity index (χ0n) is 8.65. The van der Waals surface area contributed by atoms with Crippen LogP contribution in [0.1, 0.15) is 10.5 Å². The number of thioether (sulfide) groups is 1. The highest BCUT2D eigenvalue weighted by Gasteiger charge is 2.16. The van der Waals surface area contributed by atoms with Gasteiger partial charge in [-0.05, 0) is 6.26 Å². The number of nitrogens with two attached hydrogens (primary N) is 2. The third-order valence-corrected chi connectivity index (χ3v) is 2.34. The predicted molar refractivity (Wildman–Crippen MR) is 80.0 cm³/mol. The topological polar surface area (TPSA) is 131 Å². The lowest BCUT2D eigenvalue weighted by atomic mass is 10.4. The fraction of sp³-hybridized carbons (Fsp3) is 0.143. The number of carbonyl (C=O) groups is 1. The molecule has 17 heavy (non-hydrogen) atoms. The lowest BCUT2D eigenvalue weighted by Gasteiger charge is -2.06. The first-order valence-corrected chi connectivity index (χ1v) is 5.58. The van der Waals surface area contributed by atoms with Gasteiger partial charge in [-0.2, -0.15) is 0 Å². The molecule has 0 aliphatic carbocycles. The molecule has 1 aromatic heterocycles. The van der Waals surface area contributed by atoms with Gasteiger partial charge in [0, 0.05) is 0 Å². The minimum Gasteiger partial charge on any atom is -0.382 e. The van der Waals surface area contributed by atoms with E-state index in [1.54, 1.807) is 6.26 Å². The summed E-state index contributed by atoms with van der Waals surface area (Å²) in [4.78, 5) is 18.9. The predicted octanol–water partition coefficient (Wildman–Crippen LogP) is 0.940. The van der Waals surface area contributed by atoms with Crippen molar-refractivity contribution in [2.75, 3.05) is 17.7 Å². The summed E-state index contributed by atoms with van der Waals surface area (Å²) in [5.41, 5.74) is 10.7. The van der Waals surface area contributed by atoms with E-state index in [4.69, 9.17) is 28.5 Å². The van der Waals surface area contributed by atoms with Crippen molar-refractivity contribution in [2.24, 2.45) is 0 Å². The standard InChI is InChI=1S/C7H9ClN6OS.HI/c1-16-7(11)14-6(15)2-4(9)13-5(10)3(8)12-2;/h1H3,(H4,9,10,13)(H2,11,14,15);1H. The van der Waals surface area contributed by atoms with Gasteiger partial charge in [-0.15, -0.1) is 24.0 Å². The molecule has 0 aliphatic rings. The number of halogens is 2. The van der Waals surface area contributed by atoms with Crippen molar-refractivity contribution in [3.8, 4) is 0 Å². The first-order valence-electron chi connectivity index (χ1n) is 3.98. The van der Waals surface area contributed by atoms with Gasteiger partial charge in [0.25, 0.3) is 5.91 Å². The zero-order chi connectivity index (χ0) is 12.3. The summed E-state index contributed by atoms with van der Waals surface area (Å²) >= 11 is 6.67. The van der Waals surface area contributed by atoms with E-state index in [0.29, 0.717) is 0 Å². The highest BCUT2D eigenvalue weighted by molar-refractivity contribution is 14.0. The number of nitrogens with one attached hydrogen (secondary N) is 2. The van der Waals surface area contributed by atoms with Crippen molar-refractivity contribution >= 4 is 70.1 Å². The van der Waals surface area contributed by atoms with Crippen LogP contribution in [0.4, 0.5) is 11.6 Å². The Bertz CT molecular complexity index is 456. The molecular weight excluding hydrogens is 379 g/mol. The second-order valence-corrected chi connectivity index (χ2v) is 3.80. The number of carbonyl (C=O) groups excluding carboxylic acids is 1. The summed E-state index contributed by atoms with van der Waals surface area (Å²) in [6, 6.07) is 0. The summed E-state index contributed by atoms with van der Waals surface area (Å²) in [7, 11) is 0. The lowest BCUT2D eigenvalue weighted by molar-refractivity contribution is 0.0973. The van der Waals surface area contributed by atoms with Gasteiger partial charge in [0.1, 0.15) is 0 Å². The molecule has 10 heteroatoms. The smallest absolute Gasteiger partial charge is 0.279 e. The molecule has 0 fully saturated rings. The number of nitrogen functional groups attached to an aromatic ring is 2. The molecule has 0 aromatic carbocycles. The lowest BCUT2D eigenvalue weighted by Crippen LogP contribution is -2.29. The van der Waals surface area contributed by atoms with E-state index >= 15 is 0 Å². The van der Waals surface area contributed by atoms with Gasteiger partial charge in [0.15, 0.2) is 27.7 Å². The van der Waals surface area contributed by atoms with Gasteiger partial charge in [-0.25, -0.2) is 9.97 Å². The fourth-order valence-corrected chi connectivity index (χ4v) is 1.14. The van der Waals surface area contributed by atoms with Gasteiger partial charge < -0.3 is 16.8 Å². The summed E-state index contributed by atoms with van der Waals surface area (Å²) in [6.45, 7) is 0. The molecule has 0 aliphatic heterocycles. The Morgan fingerprint density at radius 1 is 1.41 bits per heavy atom. The molecule has 6 N–H and O–H groups in total. The zero-order valence-corrected chi connectivity index (χ0v) is 12.6. The van der Waals surface area contributed by atoms with Gasteiger partial charge >= 0.3 is 0 Å². The highest BCUT2D eigenvalue weighted by Crippen LogP contribution is 2.17. The molecule has 1 heterocycles. The van der Waals surface area contributed by atoms with Crippen LogP contribution in [0, 0.1) is 5.41 Å². The quantitative estimate of drug-likeness (QED) is 0.322. The van der Waals surface area contributed by atoms with Crippen molar-refractivity contribution in [2.45, 2.75) is 0 Å². The summed E-state index contributed by atoms with van der Waals surface area (Å²) in [5.74, 6) is -0.824. The van der Waals surface area contributed by atoms with Crippen LogP contribution in [0.25, 0.3) is 0 Å². The molecule has 0 spiro atoms. The molecule has 0 atom stereocenters. The maximum Gasteiger partial charge on any atom is 0.279 e. The minimum atomic E-state index is -0.647. The van der Waals surface area contributed by atoms with E-state index in [1.165, 1.54) is 0 Å². The van der Waals surface area contributed by atoms with Crippen LogP contribution in [0.5, 0.6) is 0 Å². The molecular formula is C7H10ClIN6OS. The van der Waals surface area contributed by atoms with Crippen LogP contribution in [-0.4, -0.2) is 27.3 Å². The maximum absolute atomic E-state index is 11.6. The van der Waals surface area contributed by atoms with E-state index < -0.39 is 5.91 Å². The van der Waals surface area contributed by atoms with Crippen molar-refractivity contribution in [3.63, 3.8) is 0 Å². The van der Waals surface area contributed by atoms with Gasteiger partial charge in [0.05, 0.1) is 0 Å². The number of amidine groups is 1. The van der Waals surface area contributed by atoms with E-state index in [1.807, 2.05) is 0 Å². The van der Waals surface area contributed by atoms with Gasteiger partial charge in [-0.3, -0.25) is 10.2 Å². The largest absolute Gasteiger partial charge is 0.382 e. The molecule has 0 saturated carbocycles. The van der Waals surface area contributed by atoms with Crippen molar-refractivity contribution in [3.05, 3.63) is 10.8 Å². The number of amides is 1. The molecule has 7 nitrogen and oxygen atoms in total. The van der Waals surface area contributed by atoms with Crippen LogP contribution in [0.15, 0.2) is 0 Å². The molecule has 1 rings (SSSR count). The normalized spacial score (nSPS) is 9.29. The Hall–Kier alpha value is -0.810. The van der Waals surface area contributed by atoms with Crippen LogP contribution < -0.4 is 16.8 Å². The van der Waals surface area contributed by atoms with Crippen LogP contribution in [-0.2, 0) is 0 Å². The maximum atomic E-state index is 11.6. The highest BCUT2D eigenvalue weighted by atomic mass is 127. The van der Waals surface area contributed by atoms with E-state index in [0.717, 1.165) is 11.8 Å². The molecule has 1 aromatic rings. The number of hydrogen-bond donors (Lipinski definition) is 4. The Morgan fingerprint density at radius 2 is 2.00 bits per heavy atom. The molecule has 0 radical (unpaired) electrons. The van der Waals surface area contributed by atoms with Crippen LogP contribution >= 0.6 is 47.3 Å². The number of rotatable bonds is 1. The van der Waals surface area contributed by atoms with Crippen molar-refractivity contribution in [1.82, 2.24) is 15.3 Å². The van der Waals surface area contributed by atoms with Crippen LogP contribution in [0.3, 0.4) is 0 Å². The van der Waals surface area contributed by atoms with Crippen LogP contribution in [0.2, 0.25) is 5.15 Å². The third-order valence-electron chi connectivity index (χ3n) is 1.55. The Kier molecular flexibility index (Phi) is 6.49. The van der Waals surface area contributed by atoms with Crippen molar-refractivity contribution < 1.29 is 4.79 Å². The fourth-order valence-electron chi connectivity index (χ4n) is 0.822. The van der Waals surface area contributed by atoms with Gasteiger partial charge in [0.2, 0.25) is 0 Å². The molecule has 0 bridgehead atoms. The second-order valence-electron chi connectivity index (χ2n) is 2.62. The second kappa shape index (κ2) is 6.81. The third kappa shape index (κ3) is 4.16. The van der Waals surface area contributed by atoms with E-state index in [2.05, 4.69) is 15.3 Å². The number of hydrogen-bond acceptors (Lipinski definition) is 7. The first-order chi connectivity index (χ1) is 7.45. The SMILES string of the molecule is CSC(=N)NC(=O)c1nc(Cl)c(N)nc1N.I. The number of aromatic nitrogens is 2.